The Morgan fingerprint density at radius 3 is 2.00 bits per heavy atom. The zero-order valence-electron chi connectivity index (χ0n) is 10.9. The van der Waals surface area contributed by atoms with Gasteiger partial charge in [-0.05, 0) is 67.3 Å². The van der Waals surface area contributed by atoms with Gasteiger partial charge in [-0.25, -0.2) is 0 Å². The molecule has 0 aliphatic rings. The van der Waals surface area contributed by atoms with Crippen molar-refractivity contribution in [3.8, 4) is 5.75 Å². The third kappa shape index (κ3) is 4.32. The Hall–Kier alpha value is -0.360. The quantitative estimate of drug-likeness (QED) is 0.652. The zero-order valence-corrected chi connectivity index (χ0v) is 15.7. The molecule has 2 aromatic carbocycles. The van der Waals surface area contributed by atoms with E-state index in [1.165, 1.54) is 11.1 Å². The molecule has 20 heavy (non-hydrogen) atoms. The summed E-state index contributed by atoms with van der Waals surface area (Å²) in [5.74, 6) is 0.821. The first-order valence-corrected chi connectivity index (χ1v) is 8.45. The molecule has 5 heteroatoms. The molecule has 0 bridgehead atoms. The summed E-state index contributed by atoms with van der Waals surface area (Å²) < 4.78 is 8.31. The first-order valence-electron chi connectivity index (χ1n) is 6.07. The second-order valence-electron chi connectivity index (χ2n) is 4.32. The van der Waals surface area contributed by atoms with Gasteiger partial charge in [-0.1, -0.05) is 28.1 Å². The van der Waals surface area contributed by atoms with Crippen molar-refractivity contribution in [2.24, 2.45) is 0 Å². The maximum absolute atomic E-state index is 5.30. The van der Waals surface area contributed by atoms with Crippen LogP contribution in [0.1, 0.15) is 11.1 Å². The average Bonchev–Trinajstić information content (AvgIpc) is 2.41. The van der Waals surface area contributed by atoms with Gasteiger partial charge in [0.25, 0.3) is 0 Å². The summed E-state index contributed by atoms with van der Waals surface area (Å²) in [6.07, 6.45) is 0. The van der Waals surface area contributed by atoms with Crippen LogP contribution in [0.5, 0.6) is 5.75 Å². The Morgan fingerprint density at radius 1 is 0.900 bits per heavy atom. The molecule has 2 rings (SSSR count). The highest BCUT2D eigenvalue weighted by Crippen LogP contribution is 2.34. The minimum atomic E-state index is 0.803. The van der Waals surface area contributed by atoms with Crippen molar-refractivity contribution in [1.29, 1.82) is 0 Å². The predicted octanol–water partition coefficient (Wildman–Crippen LogP) is 5.27. The summed E-state index contributed by atoms with van der Waals surface area (Å²) in [5.41, 5.74) is 2.46. The van der Waals surface area contributed by atoms with E-state index in [1.807, 2.05) is 0 Å². The molecule has 2 aromatic rings. The number of benzene rings is 2. The molecule has 0 aromatic heterocycles. The molecule has 0 aliphatic heterocycles. The van der Waals surface area contributed by atoms with Crippen molar-refractivity contribution < 1.29 is 4.74 Å². The topological polar surface area (TPSA) is 21.3 Å². The van der Waals surface area contributed by atoms with Crippen molar-refractivity contribution in [1.82, 2.24) is 5.32 Å². The fraction of sp³-hybridized carbons (Fsp3) is 0.200. The molecule has 2 nitrogen and oxygen atoms in total. The molecule has 0 radical (unpaired) electrons. The van der Waals surface area contributed by atoms with Crippen molar-refractivity contribution in [3.63, 3.8) is 0 Å². The Kier molecular flexibility index (Phi) is 6.08. The van der Waals surface area contributed by atoms with Gasteiger partial charge in [0.2, 0.25) is 0 Å². The Balaban J connectivity index is 1.96. The number of hydrogen-bond acceptors (Lipinski definition) is 2. The van der Waals surface area contributed by atoms with Crippen molar-refractivity contribution in [3.05, 3.63) is 60.9 Å². The van der Waals surface area contributed by atoms with E-state index >= 15 is 0 Å². The molecular weight excluding hydrogens is 450 g/mol. The minimum absolute atomic E-state index is 0.803. The smallest absolute Gasteiger partial charge is 0.147 e. The molecule has 1 N–H and O–H groups in total. The van der Waals surface area contributed by atoms with Crippen LogP contribution in [0.4, 0.5) is 0 Å². The second-order valence-corrected chi connectivity index (χ2v) is 6.95. The van der Waals surface area contributed by atoms with Gasteiger partial charge in [0, 0.05) is 17.6 Å². The molecule has 0 aliphatic carbocycles. The molecule has 0 unspecified atom stereocenters. The third-order valence-electron chi connectivity index (χ3n) is 2.83. The zero-order chi connectivity index (χ0) is 14.5. The average molecular weight is 464 g/mol. The van der Waals surface area contributed by atoms with E-state index in [1.54, 1.807) is 7.11 Å². The lowest BCUT2D eigenvalue weighted by Crippen LogP contribution is -2.12. The lowest BCUT2D eigenvalue weighted by atomic mass is 10.2. The highest BCUT2D eigenvalue weighted by atomic mass is 79.9. The van der Waals surface area contributed by atoms with Crippen LogP contribution < -0.4 is 10.1 Å². The number of hydrogen-bond donors (Lipinski definition) is 1. The fourth-order valence-electron chi connectivity index (χ4n) is 1.86. The number of halogens is 3. The molecule has 0 fully saturated rings. The normalized spacial score (nSPS) is 10.6. The van der Waals surface area contributed by atoms with Gasteiger partial charge in [-0.3, -0.25) is 0 Å². The fourth-order valence-corrected chi connectivity index (χ4v) is 3.73. The van der Waals surface area contributed by atoms with Crippen LogP contribution in [0.25, 0.3) is 0 Å². The van der Waals surface area contributed by atoms with Gasteiger partial charge in [0.05, 0.1) is 16.1 Å². The number of ether oxygens (including phenoxy) is 1. The lowest BCUT2D eigenvalue weighted by molar-refractivity contribution is 0.409. The maximum atomic E-state index is 5.30. The molecule has 106 valence electrons. The van der Waals surface area contributed by atoms with Crippen molar-refractivity contribution in [2.45, 2.75) is 13.1 Å². The van der Waals surface area contributed by atoms with Crippen molar-refractivity contribution in [2.75, 3.05) is 7.11 Å². The van der Waals surface area contributed by atoms with Gasteiger partial charge in [0.1, 0.15) is 5.75 Å². The molecule has 0 saturated heterocycles. The van der Waals surface area contributed by atoms with Crippen LogP contribution in [0, 0.1) is 0 Å². The third-order valence-corrected chi connectivity index (χ3v) is 4.54. The van der Waals surface area contributed by atoms with Crippen LogP contribution in [0.2, 0.25) is 0 Å². The van der Waals surface area contributed by atoms with Gasteiger partial charge in [0.15, 0.2) is 0 Å². The summed E-state index contributed by atoms with van der Waals surface area (Å²) >= 11 is 10.5. The van der Waals surface area contributed by atoms with Gasteiger partial charge in [-0.2, -0.15) is 0 Å². The summed E-state index contributed by atoms with van der Waals surface area (Å²) in [4.78, 5) is 0. The second kappa shape index (κ2) is 7.59. The standard InChI is InChI=1S/C15H14Br3NO/c1-20-15-13(17)6-11(7-14(15)18)9-19-8-10-2-4-12(16)5-3-10/h2-7,19H,8-9H2,1H3. The Bertz CT molecular complexity index is 561. The Morgan fingerprint density at radius 2 is 1.45 bits per heavy atom. The lowest BCUT2D eigenvalue weighted by Gasteiger charge is -2.10. The number of nitrogens with one attached hydrogen (secondary N) is 1. The van der Waals surface area contributed by atoms with E-state index in [-0.39, 0.29) is 0 Å². The first-order chi connectivity index (χ1) is 9.60. The summed E-state index contributed by atoms with van der Waals surface area (Å²) in [5, 5.41) is 3.43. The molecule has 0 heterocycles. The van der Waals surface area contributed by atoms with E-state index in [2.05, 4.69) is 89.5 Å². The largest absolute Gasteiger partial charge is 0.494 e. The van der Waals surface area contributed by atoms with E-state index in [4.69, 9.17) is 4.74 Å². The molecule has 0 spiro atoms. The highest BCUT2D eigenvalue weighted by molar-refractivity contribution is 9.11. The number of rotatable bonds is 5. The van der Waals surface area contributed by atoms with Gasteiger partial charge >= 0.3 is 0 Å². The Labute approximate surface area is 144 Å². The van der Waals surface area contributed by atoms with E-state index < -0.39 is 0 Å². The molecule has 0 amide bonds. The van der Waals surface area contributed by atoms with Gasteiger partial charge < -0.3 is 10.1 Å². The van der Waals surface area contributed by atoms with Gasteiger partial charge in [-0.15, -0.1) is 0 Å². The first kappa shape index (κ1) is 16.0. The molecule has 0 atom stereocenters. The predicted molar refractivity (Wildman–Crippen MR) is 93.1 cm³/mol. The van der Waals surface area contributed by atoms with Crippen LogP contribution >= 0.6 is 47.8 Å². The van der Waals surface area contributed by atoms with E-state index in [9.17, 15) is 0 Å². The van der Waals surface area contributed by atoms with Crippen LogP contribution in [-0.4, -0.2) is 7.11 Å². The van der Waals surface area contributed by atoms with Crippen LogP contribution in [-0.2, 0) is 13.1 Å². The SMILES string of the molecule is COc1c(Br)cc(CNCc2ccc(Br)cc2)cc1Br. The van der Waals surface area contributed by atoms with Crippen molar-refractivity contribution >= 4 is 47.8 Å². The van der Waals surface area contributed by atoms with E-state index in [0.29, 0.717) is 0 Å². The summed E-state index contributed by atoms with van der Waals surface area (Å²) in [6, 6.07) is 12.5. The maximum Gasteiger partial charge on any atom is 0.147 e. The number of methoxy groups -OCH3 is 1. The summed E-state index contributed by atoms with van der Waals surface area (Å²) in [6.45, 7) is 1.64. The van der Waals surface area contributed by atoms with Crippen LogP contribution in [0.3, 0.4) is 0 Å². The summed E-state index contributed by atoms with van der Waals surface area (Å²) in [7, 11) is 1.66. The minimum Gasteiger partial charge on any atom is -0.494 e. The van der Waals surface area contributed by atoms with E-state index in [0.717, 1.165) is 32.3 Å². The molecular formula is C15H14Br3NO. The monoisotopic (exact) mass is 461 g/mol. The van der Waals surface area contributed by atoms with Crippen LogP contribution in [0.15, 0.2) is 49.8 Å². The molecule has 0 saturated carbocycles. The highest BCUT2D eigenvalue weighted by Gasteiger charge is 2.07.